The highest BCUT2D eigenvalue weighted by Gasteiger charge is 2.20. The third-order valence-electron chi connectivity index (χ3n) is 2.59. The summed E-state index contributed by atoms with van der Waals surface area (Å²) < 4.78 is 27.9. The summed E-state index contributed by atoms with van der Waals surface area (Å²) in [6.45, 7) is 1.06. The van der Waals surface area contributed by atoms with Crippen LogP contribution in [0.3, 0.4) is 0 Å². The molecule has 0 saturated heterocycles. The summed E-state index contributed by atoms with van der Waals surface area (Å²) in [5, 5.41) is 2.80. The van der Waals surface area contributed by atoms with Crippen molar-refractivity contribution in [2.45, 2.75) is 17.7 Å². The minimum atomic E-state index is -3.97. The van der Waals surface area contributed by atoms with Gasteiger partial charge < -0.3 is 10.1 Å². The Morgan fingerprint density at radius 2 is 2.05 bits per heavy atom. The molecule has 1 N–H and O–H groups in total. The second kappa shape index (κ2) is 8.33. The molecule has 0 fully saturated rings. The number of hydrogen-bond acceptors (Lipinski definition) is 4. The maximum Gasteiger partial charge on any atom is 0.262 e. The number of carbonyl (C=O) groups is 1. The van der Waals surface area contributed by atoms with Crippen LogP contribution in [0.2, 0.25) is 5.02 Å². The van der Waals surface area contributed by atoms with Crippen LogP contribution in [-0.4, -0.2) is 34.6 Å². The molecule has 0 aliphatic carbocycles. The Morgan fingerprint density at radius 1 is 1.38 bits per heavy atom. The fourth-order valence-electron chi connectivity index (χ4n) is 1.56. The van der Waals surface area contributed by atoms with Gasteiger partial charge in [-0.3, -0.25) is 4.79 Å². The number of ether oxygens (including phenoxy) is 1. The highest BCUT2D eigenvalue weighted by molar-refractivity contribution is 9.10. The van der Waals surface area contributed by atoms with Gasteiger partial charge in [-0.15, -0.1) is 0 Å². The maximum absolute atomic E-state index is 12.0. The Labute approximate surface area is 141 Å². The quantitative estimate of drug-likeness (QED) is 0.545. The van der Waals surface area contributed by atoms with Gasteiger partial charge in [-0.05, 0) is 40.9 Å². The molecule has 0 atom stereocenters. The summed E-state index contributed by atoms with van der Waals surface area (Å²) in [7, 11) is 2.94. The Hall–Kier alpha value is -0.340. The average molecular weight is 419 g/mol. The van der Waals surface area contributed by atoms with E-state index in [0.29, 0.717) is 13.2 Å². The minimum absolute atomic E-state index is 0.0610. The lowest BCUT2D eigenvalue weighted by Crippen LogP contribution is -2.25. The molecule has 0 aromatic heterocycles. The lowest BCUT2D eigenvalue weighted by atomic mass is 10.2. The van der Waals surface area contributed by atoms with E-state index in [2.05, 4.69) is 21.2 Å². The first kappa shape index (κ1) is 18.7. The molecule has 0 heterocycles. The molecule has 118 valence electrons. The Balaban J connectivity index is 2.85. The van der Waals surface area contributed by atoms with Crippen molar-refractivity contribution in [2.75, 3.05) is 20.3 Å². The van der Waals surface area contributed by atoms with Gasteiger partial charge >= 0.3 is 0 Å². The van der Waals surface area contributed by atoms with Gasteiger partial charge in [0, 0.05) is 35.4 Å². The maximum atomic E-state index is 12.0. The largest absolute Gasteiger partial charge is 0.385 e. The van der Waals surface area contributed by atoms with Crippen molar-refractivity contribution in [3.63, 3.8) is 0 Å². The molecule has 9 heteroatoms. The zero-order valence-corrected chi connectivity index (χ0v) is 15.1. The minimum Gasteiger partial charge on any atom is -0.385 e. The molecule has 1 aromatic rings. The van der Waals surface area contributed by atoms with Crippen molar-refractivity contribution >= 4 is 53.2 Å². The van der Waals surface area contributed by atoms with Gasteiger partial charge in [0.15, 0.2) is 0 Å². The number of hydrogen-bond donors (Lipinski definition) is 1. The van der Waals surface area contributed by atoms with E-state index < -0.39 is 15.0 Å². The Kier molecular flexibility index (Phi) is 7.42. The summed E-state index contributed by atoms with van der Waals surface area (Å²) in [5.74, 6) is -0.452. The molecule has 21 heavy (non-hydrogen) atoms. The fourth-order valence-corrected chi connectivity index (χ4v) is 4.14. The van der Waals surface area contributed by atoms with Gasteiger partial charge in [-0.25, -0.2) is 8.42 Å². The van der Waals surface area contributed by atoms with Crippen molar-refractivity contribution in [3.05, 3.63) is 27.2 Å². The number of benzene rings is 1. The molecule has 0 saturated carbocycles. The van der Waals surface area contributed by atoms with Gasteiger partial charge in [0.25, 0.3) is 15.0 Å². The molecular formula is C12H14BrCl2NO4S. The van der Waals surface area contributed by atoms with E-state index in [1.54, 1.807) is 7.11 Å². The molecule has 0 radical (unpaired) electrons. The molecule has 1 rings (SSSR count). The van der Waals surface area contributed by atoms with Crippen LogP contribution in [0.1, 0.15) is 23.2 Å². The number of nitrogens with one attached hydrogen (secondary N) is 1. The number of carbonyl (C=O) groups excluding carboxylic acids is 1. The first-order valence-corrected chi connectivity index (χ1v) is 9.46. The monoisotopic (exact) mass is 417 g/mol. The molecule has 1 amide bonds. The third kappa shape index (κ3) is 5.75. The zero-order chi connectivity index (χ0) is 16.0. The molecule has 5 nitrogen and oxygen atoms in total. The van der Waals surface area contributed by atoms with E-state index in [1.807, 2.05) is 0 Å². The molecule has 0 aliphatic rings. The van der Waals surface area contributed by atoms with Crippen LogP contribution in [-0.2, 0) is 13.8 Å². The van der Waals surface area contributed by atoms with Crippen LogP contribution in [0.4, 0.5) is 0 Å². The first-order chi connectivity index (χ1) is 9.77. The molecule has 0 unspecified atom stereocenters. The van der Waals surface area contributed by atoms with E-state index in [1.165, 1.54) is 6.07 Å². The lowest BCUT2D eigenvalue weighted by Gasteiger charge is -2.09. The Morgan fingerprint density at radius 3 is 2.62 bits per heavy atom. The summed E-state index contributed by atoms with van der Waals surface area (Å²) in [5.41, 5.74) is 0.0610. The van der Waals surface area contributed by atoms with Crippen molar-refractivity contribution < 1.29 is 17.9 Å². The standard InChI is InChI=1S/C12H14BrCl2NO4S/c1-20-5-3-2-4-16-12(17)8-6-11(21(15,18)19)9(13)7-10(8)14/h6-7H,2-5H2,1H3,(H,16,17). The predicted octanol–water partition coefficient (Wildman–Crippen LogP) is 3.19. The topological polar surface area (TPSA) is 72.5 Å². The van der Waals surface area contributed by atoms with Crippen molar-refractivity contribution in [1.29, 1.82) is 0 Å². The second-order valence-electron chi connectivity index (χ2n) is 4.16. The van der Waals surface area contributed by atoms with Crippen LogP contribution in [0.25, 0.3) is 0 Å². The van der Waals surface area contributed by atoms with Crippen molar-refractivity contribution in [1.82, 2.24) is 5.32 Å². The van der Waals surface area contributed by atoms with Crippen LogP contribution < -0.4 is 5.32 Å². The van der Waals surface area contributed by atoms with E-state index in [0.717, 1.165) is 18.9 Å². The number of unbranched alkanes of at least 4 members (excludes halogenated alkanes) is 1. The summed E-state index contributed by atoms with van der Waals surface area (Å²) >= 11 is 9.01. The van der Waals surface area contributed by atoms with Crippen LogP contribution in [0.5, 0.6) is 0 Å². The lowest BCUT2D eigenvalue weighted by molar-refractivity contribution is 0.0951. The smallest absolute Gasteiger partial charge is 0.262 e. The van der Waals surface area contributed by atoms with Crippen molar-refractivity contribution in [3.8, 4) is 0 Å². The van der Waals surface area contributed by atoms with Crippen LogP contribution in [0, 0.1) is 0 Å². The fraction of sp³-hybridized carbons (Fsp3) is 0.417. The molecule has 0 bridgehead atoms. The third-order valence-corrected chi connectivity index (χ3v) is 5.18. The first-order valence-electron chi connectivity index (χ1n) is 5.98. The second-order valence-corrected chi connectivity index (χ2v) is 7.95. The van der Waals surface area contributed by atoms with E-state index in [9.17, 15) is 13.2 Å². The number of amides is 1. The highest BCUT2D eigenvalue weighted by Crippen LogP contribution is 2.30. The highest BCUT2D eigenvalue weighted by atomic mass is 79.9. The molecule has 0 spiro atoms. The van der Waals surface area contributed by atoms with Gasteiger partial charge in [-0.2, -0.15) is 0 Å². The Bertz CT molecular complexity index is 622. The average Bonchev–Trinajstić information content (AvgIpc) is 2.36. The van der Waals surface area contributed by atoms with Gasteiger partial charge in [-0.1, -0.05) is 11.6 Å². The van der Waals surface area contributed by atoms with E-state index in [4.69, 9.17) is 27.0 Å². The van der Waals surface area contributed by atoms with Crippen LogP contribution >= 0.6 is 38.2 Å². The predicted molar refractivity (Wildman–Crippen MR) is 85.6 cm³/mol. The van der Waals surface area contributed by atoms with Gasteiger partial charge in [0.05, 0.1) is 15.5 Å². The van der Waals surface area contributed by atoms with Gasteiger partial charge in [0.2, 0.25) is 0 Å². The molecular weight excluding hydrogens is 405 g/mol. The van der Waals surface area contributed by atoms with E-state index in [-0.39, 0.29) is 20.0 Å². The molecule has 1 aromatic carbocycles. The number of rotatable bonds is 7. The summed E-state index contributed by atoms with van der Waals surface area (Å²) in [6, 6.07) is 2.48. The van der Waals surface area contributed by atoms with E-state index >= 15 is 0 Å². The normalized spacial score (nSPS) is 11.4. The number of methoxy groups -OCH3 is 1. The summed E-state index contributed by atoms with van der Waals surface area (Å²) in [4.78, 5) is 11.8. The van der Waals surface area contributed by atoms with Crippen LogP contribution in [0.15, 0.2) is 21.5 Å². The SMILES string of the molecule is COCCCCNC(=O)c1cc(S(=O)(=O)Cl)c(Br)cc1Cl. The molecule has 0 aliphatic heterocycles. The zero-order valence-electron chi connectivity index (χ0n) is 11.2. The number of halogens is 3. The summed E-state index contributed by atoms with van der Waals surface area (Å²) in [6.07, 6.45) is 1.56. The van der Waals surface area contributed by atoms with Crippen molar-refractivity contribution in [2.24, 2.45) is 0 Å². The van der Waals surface area contributed by atoms with Gasteiger partial charge in [0.1, 0.15) is 0 Å².